The van der Waals surface area contributed by atoms with Gasteiger partial charge in [0.2, 0.25) is 11.7 Å². The van der Waals surface area contributed by atoms with E-state index in [-0.39, 0.29) is 11.9 Å². The molecule has 8 heteroatoms. The number of benzene rings is 1. The number of hydrogen-bond acceptors (Lipinski definition) is 6. The van der Waals surface area contributed by atoms with Gasteiger partial charge in [0, 0.05) is 31.7 Å². The lowest BCUT2D eigenvalue weighted by molar-refractivity contribution is 0.0257. The van der Waals surface area contributed by atoms with Crippen molar-refractivity contribution in [2.75, 3.05) is 26.2 Å². The fourth-order valence-electron chi connectivity index (χ4n) is 2.89. The Balaban J connectivity index is 1.57. The first kappa shape index (κ1) is 19.3. The number of halogens is 1. The molecule has 2 heterocycles. The van der Waals surface area contributed by atoms with E-state index < -0.39 is 5.60 Å². The predicted octanol–water partition coefficient (Wildman–Crippen LogP) is 3.32. The number of hydrogen-bond donors (Lipinski definition) is 0. The van der Waals surface area contributed by atoms with Crippen LogP contribution in [-0.2, 0) is 11.3 Å². The van der Waals surface area contributed by atoms with Crippen LogP contribution in [0.15, 0.2) is 28.8 Å². The summed E-state index contributed by atoms with van der Waals surface area (Å²) in [6, 6.07) is 6.10. The minimum Gasteiger partial charge on any atom is -0.444 e. The van der Waals surface area contributed by atoms with E-state index in [0.717, 1.165) is 13.0 Å². The Bertz CT molecular complexity index is 787. The topological polar surface area (TPSA) is 71.7 Å². The van der Waals surface area contributed by atoms with Crippen molar-refractivity contribution >= 4 is 6.09 Å². The number of carbonyl (C=O) groups excluding carboxylic acids is 1. The van der Waals surface area contributed by atoms with Crippen molar-refractivity contribution in [2.24, 2.45) is 0 Å². The van der Waals surface area contributed by atoms with E-state index in [1.807, 2.05) is 20.8 Å². The van der Waals surface area contributed by atoms with Crippen molar-refractivity contribution in [1.29, 1.82) is 0 Å². The van der Waals surface area contributed by atoms with Gasteiger partial charge in [-0.25, -0.2) is 9.18 Å². The molecule has 1 fully saturated rings. The van der Waals surface area contributed by atoms with Crippen LogP contribution in [0.5, 0.6) is 0 Å². The molecule has 0 aliphatic carbocycles. The van der Waals surface area contributed by atoms with Crippen LogP contribution in [0.4, 0.5) is 9.18 Å². The lowest BCUT2D eigenvalue weighted by atomic mass is 10.2. The van der Waals surface area contributed by atoms with Gasteiger partial charge in [-0.1, -0.05) is 17.3 Å². The second kappa shape index (κ2) is 8.04. The first-order chi connectivity index (χ1) is 12.8. The maximum absolute atomic E-state index is 13.3. The number of aromatic nitrogens is 2. The van der Waals surface area contributed by atoms with Gasteiger partial charge >= 0.3 is 6.09 Å². The molecule has 1 aromatic carbocycles. The molecule has 1 aromatic heterocycles. The summed E-state index contributed by atoms with van der Waals surface area (Å²) in [5, 5.41) is 3.94. The van der Waals surface area contributed by atoms with Gasteiger partial charge in [0.25, 0.3) is 0 Å². The van der Waals surface area contributed by atoms with Gasteiger partial charge in [-0.2, -0.15) is 4.98 Å². The van der Waals surface area contributed by atoms with E-state index in [2.05, 4.69) is 15.0 Å². The van der Waals surface area contributed by atoms with E-state index in [9.17, 15) is 9.18 Å². The molecule has 0 saturated carbocycles. The largest absolute Gasteiger partial charge is 0.444 e. The van der Waals surface area contributed by atoms with Gasteiger partial charge < -0.3 is 14.2 Å². The molecule has 146 valence electrons. The second-order valence-electron chi connectivity index (χ2n) is 7.62. The summed E-state index contributed by atoms with van der Waals surface area (Å²) in [6.45, 7) is 8.82. The third kappa shape index (κ3) is 5.50. The van der Waals surface area contributed by atoms with E-state index in [4.69, 9.17) is 9.26 Å². The van der Waals surface area contributed by atoms with E-state index in [1.54, 1.807) is 17.0 Å². The lowest BCUT2D eigenvalue weighted by Crippen LogP contribution is -2.39. The van der Waals surface area contributed by atoms with Crippen LogP contribution >= 0.6 is 0 Å². The summed E-state index contributed by atoms with van der Waals surface area (Å²) in [4.78, 5) is 20.5. The van der Waals surface area contributed by atoms with Crippen molar-refractivity contribution in [1.82, 2.24) is 19.9 Å². The van der Waals surface area contributed by atoms with Crippen LogP contribution in [0.1, 0.15) is 33.1 Å². The standard InChI is InChI=1S/C19H25FN4O3/c1-19(2,3)26-18(25)24-9-5-8-23(10-11-24)13-16-21-17(22-27-16)14-6-4-7-15(20)12-14/h4,6-7,12H,5,8-11,13H2,1-3H3. The number of amides is 1. The maximum Gasteiger partial charge on any atom is 0.410 e. The highest BCUT2D eigenvalue weighted by Crippen LogP contribution is 2.18. The lowest BCUT2D eigenvalue weighted by Gasteiger charge is -2.26. The van der Waals surface area contributed by atoms with Crippen molar-refractivity contribution < 1.29 is 18.4 Å². The maximum atomic E-state index is 13.3. The summed E-state index contributed by atoms with van der Waals surface area (Å²) < 4.78 is 24.1. The van der Waals surface area contributed by atoms with Crippen LogP contribution in [-0.4, -0.2) is 57.8 Å². The molecule has 1 amide bonds. The van der Waals surface area contributed by atoms with E-state index >= 15 is 0 Å². The van der Waals surface area contributed by atoms with Crippen LogP contribution in [0.25, 0.3) is 11.4 Å². The molecule has 7 nitrogen and oxygen atoms in total. The normalized spacial score (nSPS) is 16.2. The van der Waals surface area contributed by atoms with Crippen LogP contribution in [0, 0.1) is 5.82 Å². The Morgan fingerprint density at radius 3 is 2.81 bits per heavy atom. The third-order valence-corrected chi connectivity index (χ3v) is 4.15. The summed E-state index contributed by atoms with van der Waals surface area (Å²) in [5.74, 6) is 0.503. The third-order valence-electron chi connectivity index (χ3n) is 4.15. The Morgan fingerprint density at radius 2 is 2.07 bits per heavy atom. The fourth-order valence-corrected chi connectivity index (χ4v) is 2.89. The molecular weight excluding hydrogens is 351 g/mol. The van der Waals surface area contributed by atoms with Gasteiger partial charge in [0.1, 0.15) is 11.4 Å². The zero-order valence-electron chi connectivity index (χ0n) is 15.9. The summed E-state index contributed by atoms with van der Waals surface area (Å²) >= 11 is 0. The first-order valence-corrected chi connectivity index (χ1v) is 9.09. The molecule has 2 aromatic rings. The molecule has 3 rings (SSSR count). The Morgan fingerprint density at radius 1 is 1.26 bits per heavy atom. The van der Waals surface area contributed by atoms with Gasteiger partial charge in [0.05, 0.1) is 6.54 Å². The Kier molecular flexibility index (Phi) is 5.74. The average molecular weight is 376 g/mol. The average Bonchev–Trinajstić information content (AvgIpc) is 2.91. The minimum atomic E-state index is -0.500. The van der Waals surface area contributed by atoms with Gasteiger partial charge in [-0.3, -0.25) is 4.90 Å². The van der Waals surface area contributed by atoms with Gasteiger partial charge in [-0.15, -0.1) is 0 Å². The van der Waals surface area contributed by atoms with E-state index in [1.165, 1.54) is 12.1 Å². The molecule has 0 spiro atoms. The summed E-state index contributed by atoms with van der Waals surface area (Å²) in [7, 11) is 0. The van der Waals surface area contributed by atoms with Gasteiger partial charge in [0.15, 0.2) is 0 Å². The highest BCUT2D eigenvalue weighted by molar-refractivity contribution is 5.68. The predicted molar refractivity (Wildman–Crippen MR) is 97.4 cm³/mol. The molecular formula is C19H25FN4O3. The zero-order valence-corrected chi connectivity index (χ0v) is 15.9. The first-order valence-electron chi connectivity index (χ1n) is 9.09. The van der Waals surface area contributed by atoms with Crippen LogP contribution < -0.4 is 0 Å². The van der Waals surface area contributed by atoms with Gasteiger partial charge in [-0.05, 0) is 39.3 Å². The van der Waals surface area contributed by atoms with Crippen molar-refractivity contribution in [3.05, 3.63) is 36.0 Å². The SMILES string of the molecule is CC(C)(C)OC(=O)N1CCCN(Cc2nc(-c3cccc(F)c3)no2)CC1. The van der Waals surface area contributed by atoms with Crippen molar-refractivity contribution in [2.45, 2.75) is 39.3 Å². The Labute approximate surface area is 158 Å². The van der Waals surface area contributed by atoms with Crippen LogP contribution in [0.3, 0.4) is 0 Å². The molecule has 27 heavy (non-hydrogen) atoms. The van der Waals surface area contributed by atoms with E-state index in [0.29, 0.717) is 43.5 Å². The monoisotopic (exact) mass is 376 g/mol. The summed E-state index contributed by atoms with van der Waals surface area (Å²) in [5.41, 5.74) is 0.0807. The van der Waals surface area contributed by atoms with Crippen molar-refractivity contribution in [3.8, 4) is 11.4 Å². The smallest absolute Gasteiger partial charge is 0.410 e. The molecule has 1 saturated heterocycles. The molecule has 1 aliphatic heterocycles. The van der Waals surface area contributed by atoms with Crippen molar-refractivity contribution in [3.63, 3.8) is 0 Å². The Hall–Kier alpha value is -2.48. The van der Waals surface area contributed by atoms with Crippen LogP contribution in [0.2, 0.25) is 0 Å². The number of carbonyl (C=O) groups is 1. The highest BCUT2D eigenvalue weighted by atomic mass is 19.1. The highest BCUT2D eigenvalue weighted by Gasteiger charge is 2.25. The fraction of sp³-hybridized carbons (Fsp3) is 0.526. The molecule has 0 radical (unpaired) electrons. The second-order valence-corrected chi connectivity index (χ2v) is 7.62. The number of ether oxygens (including phenoxy) is 1. The molecule has 0 unspecified atom stereocenters. The molecule has 0 bridgehead atoms. The summed E-state index contributed by atoms with van der Waals surface area (Å²) in [6.07, 6.45) is 0.556. The molecule has 1 aliphatic rings. The molecule has 0 atom stereocenters. The molecule has 0 N–H and O–H groups in total. The quantitative estimate of drug-likeness (QED) is 0.818. The number of rotatable bonds is 3. The minimum absolute atomic E-state index is 0.282. The zero-order chi connectivity index (χ0) is 19.4. The number of nitrogens with zero attached hydrogens (tertiary/aromatic N) is 4.